The van der Waals surface area contributed by atoms with Crippen LogP contribution in [0.1, 0.15) is 43.1 Å². The van der Waals surface area contributed by atoms with E-state index in [1.54, 1.807) is 29.2 Å². The summed E-state index contributed by atoms with van der Waals surface area (Å²) < 4.78 is 0. The Kier molecular flexibility index (Phi) is 5.74. The van der Waals surface area contributed by atoms with Crippen LogP contribution < -0.4 is 0 Å². The lowest BCUT2D eigenvalue weighted by molar-refractivity contribution is -0.132. The highest BCUT2D eigenvalue weighted by molar-refractivity contribution is 5.87. The van der Waals surface area contributed by atoms with Crippen LogP contribution in [-0.4, -0.2) is 35.0 Å². The summed E-state index contributed by atoms with van der Waals surface area (Å²) in [5.41, 5.74) is 1.25. The molecule has 1 atom stereocenters. The second-order valence-corrected chi connectivity index (χ2v) is 5.49. The normalized spacial score (nSPS) is 12.2. The smallest absolute Gasteiger partial charge is 0.335 e. The highest BCUT2D eigenvalue weighted by Crippen LogP contribution is 2.12. The van der Waals surface area contributed by atoms with Crippen molar-refractivity contribution in [1.82, 2.24) is 4.90 Å². The summed E-state index contributed by atoms with van der Waals surface area (Å²) in [7, 11) is 1.83. The van der Waals surface area contributed by atoms with E-state index >= 15 is 0 Å². The molecule has 0 bridgehead atoms. The van der Waals surface area contributed by atoms with Crippen LogP contribution in [0.5, 0.6) is 0 Å². The molecule has 1 unspecified atom stereocenters. The highest BCUT2D eigenvalue weighted by atomic mass is 16.4. The molecule has 110 valence electrons. The molecule has 4 heteroatoms. The molecule has 1 amide bonds. The fourth-order valence-electron chi connectivity index (χ4n) is 1.92. The quantitative estimate of drug-likeness (QED) is 0.870. The van der Waals surface area contributed by atoms with Crippen LogP contribution in [0.15, 0.2) is 24.3 Å². The number of rotatable bonds is 6. The van der Waals surface area contributed by atoms with E-state index in [-0.39, 0.29) is 17.5 Å². The Hall–Kier alpha value is -1.84. The van der Waals surface area contributed by atoms with Crippen molar-refractivity contribution >= 4 is 11.9 Å². The van der Waals surface area contributed by atoms with Crippen molar-refractivity contribution in [2.24, 2.45) is 5.92 Å². The number of aryl methyl sites for hydroxylation is 1. The first-order chi connectivity index (χ1) is 9.32. The van der Waals surface area contributed by atoms with Crippen molar-refractivity contribution in [3.8, 4) is 0 Å². The van der Waals surface area contributed by atoms with Crippen LogP contribution in [0.4, 0.5) is 0 Å². The molecule has 1 N–H and O–H groups in total. The Morgan fingerprint density at radius 2 is 1.70 bits per heavy atom. The van der Waals surface area contributed by atoms with Gasteiger partial charge in [-0.05, 0) is 37.0 Å². The first kappa shape index (κ1) is 16.2. The Morgan fingerprint density at radius 3 is 2.15 bits per heavy atom. The number of aromatic carboxylic acids is 1. The molecule has 0 heterocycles. The average molecular weight is 277 g/mol. The summed E-state index contributed by atoms with van der Waals surface area (Å²) in [6, 6.07) is 6.90. The van der Waals surface area contributed by atoms with Crippen molar-refractivity contribution in [3.63, 3.8) is 0 Å². The lowest BCUT2D eigenvalue weighted by Crippen LogP contribution is -2.38. The van der Waals surface area contributed by atoms with E-state index in [0.29, 0.717) is 18.8 Å². The zero-order chi connectivity index (χ0) is 15.3. The van der Waals surface area contributed by atoms with Crippen LogP contribution in [0.25, 0.3) is 0 Å². The molecule has 0 aliphatic carbocycles. The summed E-state index contributed by atoms with van der Waals surface area (Å²) in [6.45, 7) is 6.24. The molecule has 1 rings (SSSR count). The third-order valence-electron chi connectivity index (χ3n) is 3.80. The van der Waals surface area contributed by atoms with Crippen molar-refractivity contribution < 1.29 is 14.7 Å². The van der Waals surface area contributed by atoms with Gasteiger partial charge in [0, 0.05) is 19.5 Å². The Bertz CT molecular complexity index is 465. The maximum atomic E-state index is 12.1. The molecular weight excluding hydrogens is 254 g/mol. The predicted octanol–water partition coefficient (Wildman–Crippen LogP) is 2.82. The number of carbonyl (C=O) groups excluding carboxylic acids is 1. The van der Waals surface area contributed by atoms with Crippen LogP contribution in [-0.2, 0) is 11.2 Å². The van der Waals surface area contributed by atoms with Crippen molar-refractivity contribution in [1.29, 1.82) is 0 Å². The fourth-order valence-corrected chi connectivity index (χ4v) is 1.92. The van der Waals surface area contributed by atoms with Gasteiger partial charge in [0.1, 0.15) is 0 Å². The van der Waals surface area contributed by atoms with Gasteiger partial charge in [0.25, 0.3) is 0 Å². The summed E-state index contributed by atoms with van der Waals surface area (Å²) in [4.78, 5) is 24.6. The standard InChI is InChI=1S/C16H23NO3/c1-11(2)12(3)17(4)15(18)10-7-13-5-8-14(9-6-13)16(19)20/h5-6,8-9,11-12H,7,10H2,1-4H3,(H,19,20). The SMILES string of the molecule is CC(C)C(C)N(C)C(=O)CCc1ccc(C(=O)O)cc1. The number of amides is 1. The number of carboxylic acids is 1. The average Bonchev–Trinajstić information content (AvgIpc) is 2.43. The molecule has 20 heavy (non-hydrogen) atoms. The molecule has 0 radical (unpaired) electrons. The van der Waals surface area contributed by atoms with E-state index in [1.807, 2.05) is 14.0 Å². The van der Waals surface area contributed by atoms with E-state index in [0.717, 1.165) is 5.56 Å². The maximum absolute atomic E-state index is 12.1. The third kappa shape index (κ3) is 4.37. The summed E-state index contributed by atoms with van der Waals surface area (Å²) in [5, 5.41) is 8.82. The monoisotopic (exact) mass is 277 g/mol. The number of hydrogen-bond donors (Lipinski definition) is 1. The van der Waals surface area contributed by atoms with Crippen LogP contribution >= 0.6 is 0 Å². The topological polar surface area (TPSA) is 57.6 Å². The first-order valence-electron chi connectivity index (χ1n) is 6.90. The number of nitrogens with zero attached hydrogens (tertiary/aromatic N) is 1. The first-order valence-corrected chi connectivity index (χ1v) is 6.90. The van der Waals surface area contributed by atoms with Gasteiger partial charge in [0.15, 0.2) is 0 Å². The van der Waals surface area contributed by atoms with Gasteiger partial charge in [-0.15, -0.1) is 0 Å². The van der Waals surface area contributed by atoms with Crippen LogP contribution in [0, 0.1) is 5.92 Å². The van der Waals surface area contributed by atoms with Crippen molar-refractivity contribution in [2.75, 3.05) is 7.05 Å². The van der Waals surface area contributed by atoms with Gasteiger partial charge in [-0.25, -0.2) is 4.79 Å². The van der Waals surface area contributed by atoms with E-state index in [4.69, 9.17) is 5.11 Å². The second kappa shape index (κ2) is 7.08. The van der Waals surface area contributed by atoms with Crippen LogP contribution in [0.3, 0.4) is 0 Å². The Balaban J connectivity index is 2.54. The molecule has 4 nitrogen and oxygen atoms in total. The number of carboxylic acid groups (broad SMARTS) is 1. The molecule has 0 aliphatic rings. The van der Waals surface area contributed by atoms with Gasteiger partial charge >= 0.3 is 5.97 Å². The zero-order valence-corrected chi connectivity index (χ0v) is 12.6. The fraction of sp³-hybridized carbons (Fsp3) is 0.500. The molecule has 1 aromatic carbocycles. The van der Waals surface area contributed by atoms with E-state index in [9.17, 15) is 9.59 Å². The van der Waals surface area contributed by atoms with Gasteiger partial charge in [0.2, 0.25) is 5.91 Å². The van der Waals surface area contributed by atoms with E-state index in [2.05, 4.69) is 13.8 Å². The minimum Gasteiger partial charge on any atom is -0.478 e. The highest BCUT2D eigenvalue weighted by Gasteiger charge is 2.18. The van der Waals surface area contributed by atoms with Crippen molar-refractivity contribution in [2.45, 2.75) is 39.7 Å². The number of carbonyl (C=O) groups is 2. The summed E-state index contributed by atoms with van der Waals surface area (Å²) >= 11 is 0. The molecule has 1 aromatic rings. The zero-order valence-electron chi connectivity index (χ0n) is 12.6. The van der Waals surface area contributed by atoms with Crippen LogP contribution in [0.2, 0.25) is 0 Å². The largest absolute Gasteiger partial charge is 0.478 e. The van der Waals surface area contributed by atoms with Gasteiger partial charge in [-0.1, -0.05) is 26.0 Å². The molecular formula is C16H23NO3. The molecule has 0 spiro atoms. The van der Waals surface area contributed by atoms with Crippen molar-refractivity contribution in [3.05, 3.63) is 35.4 Å². The Morgan fingerprint density at radius 1 is 1.15 bits per heavy atom. The molecule has 0 saturated heterocycles. The minimum absolute atomic E-state index is 0.119. The second-order valence-electron chi connectivity index (χ2n) is 5.49. The van der Waals surface area contributed by atoms with E-state index in [1.165, 1.54) is 0 Å². The molecule has 0 saturated carbocycles. The molecule has 0 fully saturated rings. The van der Waals surface area contributed by atoms with Gasteiger partial charge < -0.3 is 10.0 Å². The van der Waals surface area contributed by atoms with Gasteiger partial charge in [0.05, 0.1) is 5.56 Å². The molecule has 0 aliphatic heterocycles. The van der Waals surface area contributed by atoms with Gasteiger partial charge in [-0.3, -0.25) is 4.79 Å². The number of hydrogen-bond acceptors (Lipinski definition) is 2. The molecule has 0 aromatic heterocycles. The third-order valence-corrected chi connectivity index (χ3v) is 3.80. The predicted molar refractivity (Wildman–Crippen MR) is 78.8 cm³/mol. The Labute approximate surface area is 120 Å². The summed E-state index contributed by atoms with van der Waals surface area (Å²) in [6.07, 6.45) is 1.08. The number of benzene rings is 1. The van der Waals surface area contributed by atoms with Gasteiger partial charge in [-0.2, -0.15) is 0 Å². The lowest BCUT2D eigenvalue weighted by Gasteiger charge is -2.28. The maximum Gasteiger partial charge on any atom is 0.335 e. The van der Waals surface area contributed by atoms with E-state index < -0.39 is 5.97 Å². The lowest BCUT2D eigenvalue weighted by atomic mass is 10.0. The summed E-state index contributed by atoms with van der Waals surface area (Å²) in [5.74, 6) is -0.384. The minimum atomic E-state index is -0.932.